The van der Waals surface area contributed by atoms with Gasteiger partial charge in [0.15, 0.2) is 0 Å². The third-order valence-electron chi connectivity index (χ3n) is 4.20. The zero-order valence-electron chi connectivity index (χ0n) is 11.2. The van der Waals surface area contributed by atoms with Crippen LogP contribution >= 0.6 is 0 Å². The molecular weight excluding hydrogens is 238 g/mol. The van der Waals surface area contributed by atoms with E-state index in [4.69, 9.17) is 4.74 Å². The smallest absolute Gasteiger partial charge is 0.137 e. The fraction of sp³-hybridized carbons (Fsp3) is 0.467. The third-order valence-corrected chi connectivity index (χ3v) is 4.20. The highest BCUT2D eigenvalue weighted by molar-refractivity contribution is 5.25. The zero-order chi connectivity index (χ0) is 13.1. The Bertz CT molecular complexity index is 511. The van der Waals surface area contributed by atoms with E-state index in [1.54, 1.807) is 12.7 Å². The molecule has 0 saturated heterocycles. The summed E-state index contributed by atoms with van der Waals surface area (Å²) in [5.74, 6) is 0. The number of methoxy groups -OCH3 is 1. The first-order valence-electron chi connectivity index (χ1n) is 6.81. The molecule has 19 heavy (non-hydrogen) atoms. The van der Waals surface area contributed by atoms with E-state index in [1.807, 2.05) is 17.9 Å². The van der Waals surface area contributed by atoms with Gasteiger partial charge in [0.2, 0.25) is 0 Å². The summed E-state index contributed by atoms with van der Waals surface area (Å²) in [7, 11) is 1.81. The highest BCUT2D eigenvalue weighted by atomic mass is 16.5. The van der Waals surface area contributed by atoms with Crippen molar-refractivity contribution in [3.05, 3.63) is 48.5 Å². The summed E-state index contributed by atoms with van der Waals surface area (Å²) >= 11 is 0. The minimum absolute atomic E-state index is 0.219. The van der Waals surface area contributed by atoms with Gasteiger partial charge in [-0.15, -0.1) is 0 Å². The lowest BCUT2D eigenvalue weighted by atomic mass is 9.75. The van der Waals surface area contributed by atoms with Crippen molar-refractivity contribution in [3.63, 3.8) is 0 Å². The molecule has 2 atom stereocenters. The van der Waals surface area contributed by atoms with Crippen LogP contribution in [0, 0.1) is 0 Å². The maximum atomic E-state index is 6.01. The van der Waals surface area contributed by atoms with Crippen molar-refractivity contribution in [2.75, 3.05) is 7.11 Å². The second kappa shape index (κ2) is 5.13. The second-order valence-corrected chi connectivity index (χ2v) is 5.10. The highest BCUT2D eigenvalue weighted by Gasteiger charge is 2.44. The average Bonchev–Trinajstić information content (AvgIpc) is 3.02. The van der Waals surface area contributed by atoms with Gasteiger partial charge in [-0.05, 0) is 18.4 Å². The Hall–Kier alpha value is -1.68. The molecule has 0 aliphatic heterocycles. The fourth-order valence-corrected chi connectivity index (χ4v) is 3.26. The molecule has 4 nitrogen and oxygen atoms in total. The van der Waals surface area contributed by atoms with Crippen LogP contribution in [0.1, 0.15) is 37.3 Å². The number of hydrogen-bond donors (Lipinski definition) is 0. The van der Waals surface area contributed by atoms with Crippen LogP contribution in [0.5, 0.6) is 0 Å². The first kappa shape index (κ1) is 12.4. The number of hydrogen-bond acceptors (Lipinski definition) is 3. The van der Waals surface area contributed by atoms with Crippen LogP contribution in [0.15, 0.2) is 43.0 Å². The molecule has 2 unspecified atom stereocenters. The van der Waals surface area contributed by atoms with Gasteiger partial charge >= 0.3 is 0 Å². The SMILES string of the molecule is COC1(c2ccccc2)CCCCC1n1cncn1. The summed E-state index contributed by atoms with van der Waals surface area (Å²) in [6, 6.07) is 10.7. The van der Waals surface area contributed by atoms with Crippen LogP contribution < -0.4 is 0 Å². The molecule has 1 aromatic heterocycles. The molecule has 0 N–H and O–H groups in total. The van der Waals surface area contributed by atoms with E-state index in [2.05, 4.69) is 34.3 Å². The standard InChI is InChI=1S/C15H19N3O/c1-19-15(13-7-3-2-4-8-13)10-6-5-9-14(15)18-12-16-11-17-18/h2-4,7-8,11-12,14H,5-6,9-10H2,1H3. The maximum absolute atomic E-state index is 6.01. The second-order valence-electron chi connectivity index (χ2n) is 5.10. The van der Waals surface area contributed by atoms with Gasteiger partial charge < -0.3 is 4.74 Å². The molecule has 2 aromatic rings. The van der Waals surface area contributed by atoms with Gasteiger partial charge in [-0.1, -0.05) is 43.2 Å². The molecule has 4 heteroatoms. The van der Waals surface area contributed by atoms with Crippen molar-refractivity contribution < 1.29 is 4.74 Å². The summed E-state index contributed by atoms with van der Waals surface area (Å²) in [5.41, 5.74) is 0.949. The van der Waals surface area contributed by atoms with Crippen LogP contribution in [-0.4, -0.2) is 21.9 Å². The van der Waals surface area contributed by atoms with Crippen LogP contribution in [0.3, 0.4) is 0 Å². The van der Waals surface area contributed by atoms with E-state index in [0.717, 1.165) is 12.8 Å². The molecule has 3 rings (SSSR count). The molecule has 1 heterocycles. The number of ether oxygens (including phenoxy) is 1. The van der Waals surface area contributed by atoms with Gasteiger partial charge in [0, 0.05) is 7.11 Å². The van der Waals surface area contributed by atoms with E-state index >= 15 is 0 Å². The van der Waals surface area contributed by atoms with E-state index in [9.17, 15) is 0 Å². The molecule has 1 saturated carbocycles. The van der Waals surface area contributed by atoms with Gasteiger partial charge in [0.1, 0.15) is 18.3 Å². The molecule has 0 bridgehead atoms. The number of rotatable bonds is 3. The Labute approximate surface area is 113 Å². The lowest BCUT2D eigenvalue weighted by Gasteiger charge is -2.43. The van der Waals surface area contributed by atoms with E-state index in [-0.39, 0.29) is 11.6 Å². The van der Waals surface area contributed by atoms with Crippen molar-refractivity contribution in [1.29, 1.82) is 0 Å². The number of aromatic nitrogens is 3. The molecule has 1 aliphatic carbocycles. The normalized spacial score (nSPS) is 27.3. The zero-order valence-corrected chi connectivity index (χ0v) is 11.2. The summed E-state index contributed by atoms with van der Waals surface area (Å²) in [6.07, 6.45) is 7.90. The van der Waals surface area contributed by atoms with Gasteiger partial charge in [0.25, 0.3) is 0 Å². The van der Waals surface area contributed by atoms with Gasteiger partial charge in [0.05, 0.1) is 6.04 Å². The van der Waals surface area contributed by atoms with Crippen molar-refractivity contribution in [1.82, 2.24) is 14.8 Å². The van der Waals surface area contributed by atoms with Crippen LogP contribution in [-0.2, 0) is 10.3 Å². The minimum atomic E-state index is -0.285. The average molecular weight is 257 g/mol. The molecule has 100 valence electrons. The van der Waals surface area contributed by atoms with Crippen LogP contribution in [0.4, 0.5) is 0 Å². The van der Waals surface area contributed by atoms with Crippen molar-refractivity contribution in [2.45, 2.75) is 37.3 Å². The predicted molar refractivity (Wildman–Crippen MR) is 72.7 cm³/mol. The van der Waals surface area contributed by atoms with Crippen molar-refractivity contribution in [2.24, 2.45) is 0 Å². The molecule has 1 aliphatic rings. The van der Waals surface area contributed by atoms with Gasteiger partial charge in [-0.25, -0.2) is 9.67 Å². The highest BCUT2D eigenvalue weighted by Crippen LogP contribution is 2.46. The van der Waals surface area contributed by atoms with Crippen LogP contribution in [0.2, 0.25) is 0 Å². The topological polar surface area (TPSA) is 39.9 Å². The Kier molecular flexibility index (Phi) is 3.34. The van der Waals surface area contributed by atoms with E-state index in [1.165, 1.54) is 18.4 Å². The number of nitrogens with zero attached hydrogens (tertiary/aromatic N) is 3. The summed E-state index contributed by atoms with van der Waals surface area (Å²) < 4.78 is 7.97. The first-order valence-corrected chi connectivity index (χ1v) is 6.81. The quantitative estimate of drug-likeness (QED) is 0.848. The van der Waals surface area contributed by atoms with E-state index < -0.39 is 0 Å². The Morgan fingerprint density at radius 2 is 2.11 bits per heavy atom. The van der Waals surface area contributed by atoms with Crippen molar-refractivity contribution in [3.8, 4) is 0 Å². The maximum Gasteiger partial charge on any atom is 0.137 e. The van der Waals surface area contributed by atoms with Gasteiger partial charge in [-0.3, -0.25) is 0 Å². The third kappa shape index (κ3) is 2.06. The van der Waals surface area contributed by atoms with Crippen LogP contribution in [0.25, 0.3) is 0 Å². The molecule has 0 amide bonds. The Morgan fingerprint density at radius 3 is 2.79 bits per heavy atom. The Morgan fingerprint density at radius 1 is 1.26 bits per heavy atom. The lowest BCUT2D eigenvalue weighted by molar-refractivity contribution is -0.0866. The van der Waals surface area contributed by atoms with Crippen molar-refractivity contribution >= 4 is 0 Å². The molecule has 1 aromatic carbocycles. The largest absolute Gasteiger partial charge is 0.371 e. The molecule has 0 radical (unpaired) electrons. The fourth-order valence-electron chi connectivity index (χ4n) is 3.26. The van der Waals surface area contributed by atoms with Gasteiger partial charge in [-0.2, -0.15) is 5.10 Å². The number of benzene rings is 1. The Balaban J connectivity index is 2.06. The molecule has 0 spiro atoms. The summed E-state index contributed by atoms with van der Waals surface area (Å²) in [5, 5.41) is 4.33. The minimum Gasteiger partial charge on any atom is -0.371 e. The van der Waals surface area contributed by atoms with E-state index in [0.29, 0.717) is 0 Å². The first-order chi connectivity index (χ1) is 9.37. The monoisotopic (exact) mass is 257 g/mol. The predicted octanol–water partition coefficient (Wildman–Crippen LogP) is 2.94. The lowest BCUT2D eigenvalue weighted by Crippen LogP contribution is -2.41. The molecule has 1 fully saturated rings. The summed E-state index contributed by atoms with van der Waals surface area (Å²) in [6.45, 7) is 0. The molecular formula is C15H19N3O. The summed E-state index contributed by atoms with van der Waals surface area (Å²) in [4.78, 5) is 4.09.